The van der Waals surface area contributed by atoms with Crippen LogP contribution in [0.15, 0.2) is 16.8 Å². The first kappa shape index (κ1) is 10.7. The molecule has 0 rings (SSSR count). The molecule has 0 bridgehead atoms. The Labute approximate surface area is 72.5 Å². The minimum atomic E-state index is -0.638. The average Bonchev–Trinajstić information content (AvgIpc) is 2.03. The van der Waals surface area contributed by atoms with Gasteiger partial charge >= 0.3 is 6.03 Å². The number of hydrogen-bond acceptors (Lipinski definition) is 2. The predicted molar refractivity (Wildman–Crippen MR) is 49.9 cm³/mol. The largest absolute Gasteiger partial charge is 0.350 e. The molecule has 0 heterocycles. The first-order chi connectivity index (χ1) is 5.61. The minimum Gasteiger partial charge on any atom is -0.350 e. The van der Waals surface area contributed by atoms with Crippen molar-refractivity contribution < 1.29 is 4.79 Å². The van der Waals surface area contributed by atoms with Gasteiger partial charge in [0.15, 0.2) is 0 Å². The van der Waals surface area contributed by atoms with E-state index in [-0.39, 0.29) is 0 Å². The lowest BCUT2D eigenvalue weighted by molar-refractivity contribution is 0.249. The van der Waals surface area contributed by atoms with Crippen LogP contribution in [0.25, 0.3) is 0 Å². The molecule has 0 aliphatic heterocycles. The number of rotatable bonds is 3. The van der Waals surface area contributed by atoms with Crippen molar-refractivity contribution in [2.24, 2.45) is 10.8 Å². The van der Waals surface area contributed by atoms with Crippen LogP contribution in [0.5, 0.6) is 0 Å². The van der Waals surface area contributed by atoms with Crippen molar-refractivity contribution in [1.82, 2.24) is 5.43 Å². The molecule has 0 radical (unpaired) electrons. The summed E-state index contributed by atoms with van der Waals surface area (Å²) in [7, 11) is 0. The van der Waals surface area contributed by atoms with E-state index in [2.05, 4.69) is 10.5 Å². The third-order valence-corrected chi connectivity index (χ3v) is 1.53. The fourth-order valence-corrected chi connectivity index (χ4v) is 0.880. The maximum absolute atomic E-state index is 10.3. The molecular formula is C8H15N3O. The van der Waals surface area contributed by atoms with Crippen LogP contribution in [0.3, 0.4) is 0 Å². The molecular weight excluding hydrogens is 154 g/mol. The molecule has 0 saturated heterocycles. The lowest BCUT2D eigenvalue weighted by atomic mass is 10.1. The molecule has 0 aliphatic carbocycles. The summed E-state index contributed by atoms with van der Waals surface area (Å²) in [4.78, 5) is 10.3. The van der Waals surface area contributed by atoms with Crippen LogP contribution in [0.2, 0.25) is 0 Å². The summed E-state index contributed by atoms with van der Waals surface area (Å²) >= 11 is 0. The van der Waals surface area contributed by atoms with Gasteiger partial charge < -0.3 is 5.73 Å². The zero-order valence-corrected chi connectivity index (χ0v) is 7.72. The molecule has 0 aliphatic rings. The first-order valence-electron chi connectivity index (χ1n) is 3.87. The van der Waals surface area contributed by atoms with Gasteiger partial charge in [-0.2, -0.15) is 5.10 Å². The van der Waals surface area contributed by atoms with Crippen molar-refractivity contribution in [2.45, 2.75) is 27.2 Å². The Morgan fingerprint density at radius 1 is 1.67 bits per heavy atom. The fourth-order valence-electron chi connectivity index (χ4n) is 0.880. The Balaban J connectivity index is 4.25. The van der Waals surface area contributed by atoms with Gasteiger partial charge in [-0.3, -0.25) is 0 Å². The van der Waals surface area contributed by atoms with Crippen molar-refractivity contribution in [3.05, 3.63) is 11.6 Å². The summed E-state index contributed by atoms with van der Waals surface area (Å²) in [6.45, 7) is 5.79. The summed E-state index contributed by atoms with van der Waals surface area (Å²) < 4.78 is 0. The second kappa shape index (κ2) is 5.35. The number of primary amides is 1. The lowest BCUT2D eigenvalue weighted by Crippen LogP contribution is -2.25. The summed E-state index contributed by atoms with van der Waals surface area (Å²) in [5.74, 6) is 0. The standard InChI is InChI=1S/C8H15N3O/c1-4-7(5-2)6(3)10-11-8(9)12/h4H,5H2,1-3H3,(H3,9,11,12)/b7-4-,10-6+. The molecule has 4 heteroatoms. The zero-order chi connectivity index (χ0) is 9.56. The van der Waals surface area contributed by atoms with E-state index < -0.39 is 6.03 Å². The molecule has 0 saturated carbocycles. The van der Waals surface area contributed by atoms with Gasteiger partial charge in [0.2, 0.25) is 0 Å². The fraction of sp³-hybridized carbons (Fsp3) is 0.500. The Morgan fingerprint density at radius 2 is 2.25 bits per heavy atom. The van der Waals surface area contributed by atoms with E-state index in [1.807, 2.05) is 26.8 Å². The molecule has 4 nitrogen and oxygen atoms in total. The number of allylic oxidation sites excluding steroid dienone is 2. The van der Waals surface area contributed by atoms with Crippen LogP contribution >= 0.6 is 0 Å². The number of amides is 2. The normalized spacial score (nSPS) is 12.9. The monoisotopic (exact) mass is 169 g/mol. The van der Waals surface area contributed by atoms with Gasteiger partial charge in [-0.15, -0.1) is 0 Å². The van der Waals surface area contributed by atoms with Crippen LogP contribution in [0.1, 0.15) is 27.2 Å². The highest BCUT2D eigenvalue weighted by molar-refractivity contribution is 5.98. The topological polar surface area (TPSA) is 67.5 Å². The second-order valence-corrected chi connectivity index (χ2v) is 2.34. The van der Waals surface area contributed by atoms with Gasteiger partial charge in [0, 0.05) is 0 Å². The molecule has 12 heavy (non-hydrogen) atoms. The molecule has 0 spiro atoms. The quantitative estimate of drug-likeness (QED) is 0.486. The Kier molecular flexibility index (Phi) is 4.76. The first-order valence-corrected chi connectivity index (χ1v) is 3.87. The third-order valence-electron chi connectivity index (χ3n) is 1.53. The highest BCUT2D eigenvalue weighted by Crippen LogP contribution is 2.01. The molecule has 0 atom stereocenters. The SMILES string of the molecule is C/C=C(CC)\C(C)=N\NC(N)=O. The Hall–Kier alpha value is -1.32. The number of hydrogen-bond donors (Lipinski definition) is 2. The van der Waals surface area contributed by atoms with Crippen LogP contribution in [-0.4, -0.2) is 11.7 Å². The van der Waals surface area contributed by atoms with Crippen LogP contribution in [0.4, 0.5) is 4.79 Å². The highest BCUT2D eigenvalue weighted by Gasteiger charge is 1.97. The van der Waals surface area contributed by atoms with Crippen LogP contribution < -0.4 is 11.2 Å². The number of nitrogens with zero attached hydrogens (tertiary/aromatic N) is 1. The van der Waals surface area contributed by atoms with Gasteiger partial charge in [0.05, 0.1) is 5.71 Å². The van der Waals surface area contributed by atoms with Gasteiger partial charge in [0.25, 0.3) is 0 Å². The van der Waals surface area contributed by atoms with Crippen molar-refractivity contribution in [1.29, 1.82) is 0 Å². The summed E-state index contributed by atoms with van der Waals surface area (Å²) in [5, 5.41) is 3.79. The molecule has 2 amide bonds. The van der Waals surface area contributed by atoms with Gasteiger partial charge in [-0.25, -0.2) is 10.2 Å². The second-order valence-electron chi connectivity index (χ2n) is 2.34. The zero-order valence-electron chi connectivity index (χ0n) is 7.72. The Bertz CT molecular complexity index is 218. The van der Waals surface area contributed by atoms with Crippen molar-refractivity contribution in [2.75, 3.05) is 0 Å². The molecule has 0 fully saturated rings. The van der Waals surface area contributed by atoms with E-state index in [9.17, 15) is 4.79 Å². The number of hydrazone groups is 1. The van der Waals surface area contributed by atoms with Gasteiger partial charge in [-0.1, -0.05) is 13.0 Å². The molecule has 68 valence electrons. The van der Waals surface area contributed by atoms with E-state index >= 15 is 0 Å². The smallest absolute Gasteiger partial charge is 0.332 e. The highest BCUT2D eigenvalue weighted by atomic mass is 16.2. The molecule has 0 unspecified atom stereocenters. The maximum Gasteiger partial charge on any atom is 0.332 e. The number of nitrogens with one attached hydrogen (secondary N) is 1. The summed E-state index contributed by atoms with van der Waals surface area (Å²) in [6, 6.07) is -0.638. The molecule has 0 aromatic rings. The van der Waals surface area contributed by atoms with E-state index in [0.29, 0.717) is 0 Å². The van der Waals surface area contributed by atoms with E-state index in [1.165, 1.54) is 0 Å². The van der Waals surface area contributed by atoms with Gasteiger partial charge in [0.1, 0.15) is 0 Å². The number of urea groups is 1. The van der Waals surface area contributed by atoms with E-state index in [0.717, 1.165) is 17.7 Å². The average molecular weight is 169 g/mol. The van der Waals surface area contributed by atoms with Gasteiger partial charge in [-0.05, 0) is 25.8 Å². The van der Waals surface area contributed by atoms with E-state index in [4.69, 9.17) is 5.73 Å². The number of carbonyl (C=O) groups excluding carboxylic acids is 1. The minimum absolute atomic E-state index is 0.638. The maximum atomic E-state index is 10.3. The molecule has 0 aromatic carbocycles. The Morgan fingerprint density at radius 3 is 2.58 bits per heavy atom. The summed E-state index contributed by atoms with van der Waals surface area (Å²) in [5.41, 5.74) is 8.92. The lowest BCUT2D eigenvalue weighted by Gasteiger charge is -2.02. The number of nitrogens with two attached hydrogens (primary N) is 1. The molecule has 3 N–H and O–H groups in total. The predicted octanol–water partition coefficient (Wildman–Crippen LogP) is 1.39. The third kappa shape index (κ3) is 3.75. The van der Waals surface area contributed by atoms with Crippen molar-refractivity contribution in [3.8, 4) is 0 Å². The van der Waals surface area contributed by atoms with E-state index in [1.54, 1.807) is 0 Å². The number of carbonyl (C=O) groups is 1. The molecule has 0 aromatic heterocycles. The van der Waals surface area contributed by atoms with Crippen LogP contribution in [0, 0.1) is 0 Å². The van der Waals surface area contributed by atoms with Crippen LogP contribution in [-0.2, 0) is 0 Å². The summed E-state index contributed by atoms with van der Waals surface area (Å²) in [6.07, 6.45) is 2.85. The van der Waals surface area contributed by atoms with Crippen molar-refractivity contribution >= 4 is 11.7 Å². The van der Waals surface area contributed by atoms with Crippen molar-refractivity contribution in [3.63, 3.8) is 0 Å².